The fourth-order valence-electron chi connectivity index (χ4n) is 2.54. The topological polar surface area (TPSA) is 73.2 Å². The highest BCUT2D eigenvalue weighted by atomic mass is 35.5. The quantitative estimate of drug-likeness (QED) is 0.915. The van der Waals surface area contributed by atoms with E-state index in [1.807, 2.05) is 13.1 Å². The summed E-state index contributed by atoms with van der Waals surface area (Å²) in [6.45, 7) is 1.95. The van der Waals surface area contributed by atoms with Crippen molar-refractivity contribution in [2.75, 3.05) is 26.7 Å². The lowest BCUT2D eigenvalue weighted by molar-refractivity contribution is 0.270. The van der Waals surface area contributed by atoms with E-state index in [9.17, 15) is 8.42 Å². The van der Waals surface area contributed by atoms with Crippen LogP contribution in [0, 0.1) is 17.2 Å². The van der Waals surface area contributed by atoms with Crippen LogP contribution in [0.5, 0.6) is 0 Å². The zero-order valence-electron chi connectivity index (χ0n) is 11.8. The number of halogens is 1. The molecule has 114 valence electrons. The zero-order valence-corrected chi connectivity index (χ0v) is 13.4. The molecule has 1 aromatic carbocycles. The van der Waals surface area contributed by atoms with Gasteiger partial charge in [-0.25, -0.2) is 8.42 Å². The smallest absolute Gasteiger partial charge is 0.243 e. The molecule has 5 nitrogen and oxygen atoms in total. The van der Waals surface area contributed by atoms with Crippen LogP contribution in [0.15, 0.2) is 23.1 Å². The van der Waals surface area contributed by atoms with Crippen molar-refractivity contribution in [2.45, 2.75) is 17.7 Å². The van der Waals surface area contributed by atoms with Gasteiger partial charge >= 0.3 is 0 Å². The fourth-order valence-corrected chi connectivity index (χ4v) is 4.32. The van der Waals surface area contributed by atoms with Gasteiger partial charge in [0, 0.05) is 13.1 Å². The lowest BCUT2D eigenvalue weighted by Crippen LogP contribution is -2.40. The third-order valence-corrected chi connectivity index (χ3v) is 5.97. The Bertz CT molecular complexity index is 647. The number of benzene rings is 1. The molecule has 1 N–H and O–H groups in total. The molecule has 1 aliphatic rings. The van der Waals surface area contributed by atoms with E-state index in [1.165, 1.54) is 22.5 Å². The number of hydrogen-bond acceptors (Lipinski definition) is 4. The van der Waals surface area contributed by atoms with Crippen molar-refractivity contribution in [2.24, 2.45) is 5.92 Å². The molecule has 1 aromatic rings. The molecule has 0 atom stereocenters. The van der Waals surface area contributed by atoms with Gasteiger partial charge in [0.1, 0.15) is 6.07 Å². The molecule has 2 rings (SSSR count). The molecule has 0 unspecified atom stereocenters. The van der Waals surface area contributed by atoms with Crippen molar-refractivity contribution in [3.63, 3.8) is 0 Å². The third kappa shape index (κ3) is 3.55. The van der Waals surface area contributed by atoms with Gasteiger partial charge < -0.3 is 5.32 Å². The van der Waals surface area contributed by atoms with Crippen molar-refractivity contribution in [3.8, 4) is 6.07 Å². The Hall–Kier alpha value is -1.13. The predicted octanol–water partition coefficient (Wildman–Crippen LogP) is 1.83. The number of sulfonamides is 1. The normalized spacial score (nSPS) is 17.6. The van der Waals surface area contributed by atoms with Crippen LogP contribution < -0.4 is 5.32 Å². The molecule has 1 aliphatic heterocycles. The summed E-state index contributed by atoms with van der Waals surface area (Å²) in [5, 5.41) is 12.1. The Balaban J connectivity index is 2.16. The van der Waals surface area contributed by atoms with Crippen LogP contribution in [0.25, 0.3) is 0 Å². The highest BCUT2D eigenvalue weighted by molar-refractivity contribution is 7.89. The summed E-state index contributed by atoms with van der Waals surface area (Å²) in [5.74, 6) is 0.519. The Morgan fingerprint density at radius 3 is 2.62 bits per heavy atom. The fraction of sp³-hybridized carbons (Fsp3) is 0.500. The van der Waals surface area contributed by atoms with E-state index < -0.39 is 10.0 Å². The van der Waals surface area contributed by atoms with Gasteiger partial charge in [-0.1, -0.05) is 11.6 Å². The largest absolute Gasteiger partial charge is 0.319 e. The van der Waals surface area contributed by atoms with Gasteiger partial charge in [-0.2, -0.15) is 9.57 Å². The van der Waals surface area contributed by atoms with Crippen LogP contribution in [0.3, 0.4) is 0 Å². The number of nitrogens with zero attached hydrogens (tertiary/aromatic N) is 2. The lowest BCUT2D eigenvalue weighted by atomic mass is 9.98. The molecular weight excluding hydrogens is 310 g/mol. The molecule has 0 spiro atoms. The number of nitriles is 1. The van der Waals surface area contributed by atoms with Crippen molar-refractivity contribution >= 4 is 21.6 Å². The standard InChI is InChI=1S/C14H18ClN3O2S/c1-17-10-11-4-6-18(7-5-11)21(19,20)13-3-2-12(9-16)14(15)8-13/h2-3,8,11,17H,4-7,10H2,1H3. The van der Waals surface area contributed by atoms with E-state index in [-0.39, 0.29) is 15.5 Å². The minimum absolute atomic E-state index is 0.151. The molecule has 1 heterocycles. The van der Waals surface area contributed by atoms with E-state index >= 15 is 0 Å². The van der Waals surface area contributed by atoms with Gasteiger partial charge in [0.05, 0.1) is 15.5 Å². The van der Waals surface area contributed by atoms with Gasteiger partial charge in [-0.05, 0) is 50.6 Å². The summed E-state index contributed by atoms with van der Waals surface area (Å²) in [5.41, 5.74) is 0.281. The van der Waals surface area contributed by atoms with Crippen molar-refractivity contribution in [1.82, 2.24) is 9.62 Å². The maximum absolute atomic E-state index is 12.6. The molecule has 21 heavy (non-hydrogen) atoms. The molecule has 0 amide bonds. The summed E-state index contributed by atoms with van der Waals surface area (Å²) < 4.78 is 26.6. The predicted molar refractivity (Wildman–Crippen MR) is 81.6 cm³/mol. The zero-order chi connectivity index (χ0) is 15.5. The first-order chi connectivity index (χ1) is 9.98. The molecule has 0 aromatic heterocycles. The minimum atomic E-state index is -3.53. The number of piperidine rings is 1. The van der Waals surface area contributed by atoms with E-state index in [1.54, 1.807) is 0 Å². The molecule has 1 fully saturated rings. The summed E-state index contributed by atoms with van der Waals surface area (Å²) in [6, 6.07) is 6.17. The second kappa shape index (κ2) is 6.75. The number of nitrogens with one attached hydrogen (secondary N) is 1. The van der Waals surface area contributed by atoms with E-state index in [2.05, 4.69) is 5.32 Å². The van der Waals surface area contributed by atoms with Crippen LogP contribution in [0.2, 0.25) is 5.02 Å². The molecule has 0 bridgehead atoms. The summed E-state index contributed by atoms with van der Waals surface area (Å²) in [4.78, 5) is 0.151. The van der Waals surface area contributed by atoms with Crippen molar-refractivity contribution < 1.29 is 8.42 Å². The van der Waals surface area contributed by atoms with Crippen LogP contribution in [0.1, 0.15) is 18.4 Å². The summed E-state index contributed by atoms with van der Waals surface area (Å²) in [6.07, 6.45) is 1.70. The molecule has 1 saturated heterocycles. The highest BCUT2D eigenvalue weighted by Gasteiger charge is 2.29. The van der Waals surface area contributed by atoms with Crippen LogP contribution in [-0.2, 0) is 10.0 Å². The number of hydrogen-bond donors (Lipinski definition) is 1. The van der Waals surface area contributed by atoms with Crippen LogP contribution in [0.4, 0.5) is 0 Å². The Kier molecular flexibility index (Phi) is 5.22. The summed E-state index contributed by atoms with van der Waals surface area (Å²) >= 11 is 5.93. The van der Waals surface area contributed by atoms with Gasteiger partial charge in [0.25, 0.3) is 0 Å². The first-order valence-electron chi connectivity index (χ1n) is 6.83. The average molecular weight is 328 g/mol. The van der Waals surface area contributed by atoms with E-state index in [0.29, 0.717) is 19.0 Å². The van der Waals surface area contributed by atoms with Gasteiger partial charge in [-0.15, -0.1) is 0 Å². The second-order valence-electron chi connectivity index (χ2n) is 5.16. The SMILES string of the molecule is CNCC1CCN(S(=O)(=O)c2ccc(C#N)c(Cl)c2)CC1. The average Bonchev–Trinajstić information content (AvgIpc) is 2.48. The first kappa shape index (κ1) is 16.2. The lowest BCUT2D eigenvalue weighted by Gasteiger charge is -2.31. The third-order valence-electron chi connectivity index (χ3n) is 3.77. The maximum Gasteiger partial charge on any atom is 0.243 e. The molecule has 7 heteroatoms. The second-order valence-corrected chi connectivity index (χ2v) is 7.50. The summed E-state index contributed by atoms with van der Waals surface area (Å²) in [7, 11) is -1.62. The Labute approximate surface area is 130 Å². The van der Waals surface area contributed by atoms with Gasteiger partial charge in [0.15, 0.2) is 0 Å². The van der Waals surface area contributed by atoms with Crippen molar-refractivity contribution in [1.29, 1.82) is 5.26 Å². The van der Waals surface area contributed by atoms with E-state index in [4.69, 9.17) is 16.9 Å². The van der Waals surface area contributed by atoms with E-state index in [0.717, 1.165) is 19.4 Å². The Morgan fingerprint density at radius 2 is 2.10 bits per heavy atom. The molecule has 0 saturated carbocycles. The highest BCUT2D eigenvalue weighted by Crippen LogP contribution is 2.26. The maximum atomic E-state index is 12.6. The first-order valence-corrected chi connectivity index (χ1v) is 8.65. The van der Waals surface area contributed by atoms with Crippen LogP contribution in [-0.4, -0.2) is 39.4 Å². The van der Waals surface area contributed by atoms with Crippen LogP contribution >= 0.6 is 11.6 Å². The monoisotopic (exact) mass is 327 g/mol. The molecule has 0 aliphatic carbocycles. The Morgan fingerprint density at radius 1 is 1.43 bits per heavy atom. The number of rotatable bonds is 4. The van der Waals surface area contributed by atoms with Gasteiger partial charge in [0.2, 0.25) is 10.0 Å². The minimum Gasteiger partial charge on any atom is -0.319 e. The molecular formula is C14H18ClN3O2S. The molecule has 0 radical (unpaired) electrons. The van der Waals surface area contributed by atoms with Gasteiger partial charge in [-0.3, -0.25) is 0 Å². The van der Waals surface area contributed by atoms with Crippen molar-refractivity contribution in [3.05, 3.63) is 28.8 Å².